The molecule has 0 aromatic carbocycles. The number of hydrogen-bond donors (Lipinski definition) is 1. The fraction of sp³-hybridized carbons (Fsp3) is 0.625. The molecule has 1 saturated carbocycles. The smallest absolute Gasteiger partial charge is 0.187 e. The Morgan fingerprint density at radius 2 is 2.25 bits per heavy atom. The van der Waals surface area contributed by atoms with Crippen LogP contribution in [0.4, 0.5) is 0 Å². The third-order valence-electron chi connectivity index (χ3n) is 2.39. The summed E-state index contributed by atoms with van der Waals surface area (Å²) >= 11 is 0. The second-order valence-corrected chi connectivity index (χ2v) is 3.20. The van der Waals surface area contributed by atoms with Gasteiger partial charge in [-0.3, -0.25) is 4.79 Å². The van der Waals surface area contributed by atoms with Crippen LogP contribution >= 0.6 is 0 Å². The lowest BCUT2D eigenvalue weighted by atomic mass is 10.0. The van der Waals surface area contributed by atoms with Crippen LogP contribution in [0.2, 0.25) is 0 Å². The maximum atomic E-state index is 11.6. The largest absolute Gasteiger partial charge is 0.292 e. The molecule has 0 amide bonds. The van der Waals surface area contributed by atoms with Gasteiger partial charge in [-0.2, -0.15) is 15.4 Å². The van der Waals surface area contributed by atoms with Crippen LogP contribution in [0.5, 0.6) is 0 Å². The lowest BCUT2D eigenvalue weighted by Gasteiger charge is -2.02. The molecule has 4 nitrogen and oxygen atoms in total. The third kappa shape index (κ3) is 1.24. The lowest BCUT2D eigenvalue weighted by Crippen LogP contribution is -2.11. The Balaban J connectivity index is 2.09. The summed E-state index contributed by atoms with van der Waals surface area (Å²) in [6, 6.07) is 0. The Morgan fingerprint density at radius 3 is 2.83 bits per heavy atom. The van der Waals surface area contributed by atoms with Crippen molar-refractivity contribution in [2.24, 2.45) is 5.92 Å². The van der Waals surface area contributed by atoms with Gasteiger partial charge in [-0.15, -0.1) is 0 Å². The Kier molecular flexibility index (Phi) is 1.89. The maximum Gasteiger partial charge on any atom is 0.187 e. The molecule has 4 heteroatoms. The molecule has 64 valence electrons. The van der Waals surface area contributed by atoms with E-state index >= 15 is 0 Å². The molecular formula is C8H11N3O. The minimum absolute atomic E-state index is 0.154. The van der Waals surface area contributed by atoms with Crippen LogP contribution in [0, 0.1) is 5.92 Å². The van der Waals surface area contributed by atoms with Gasteiger partial charge in [-0.05, 0) is 12.8 Å². The Morgan fingerprint density at radius 1 is 1.50 bits per heavy atom. The Bertz CT molecular complexity index is 262. The number of Topliss-reactive ketones (excluding diaryl/α,β-unsaturated/α-hetero) is 1. The fourth-order valence-corrected chi connectivity index (χ4v) is 1.72. The highest BCUT2D eigenvalue weighted by molar-refractivity contribution is 5.95. The van der Waals surface area contributed by atoms with E-state index in [2.05, 4.69) is 15.4 Å². The number of nitrogens with zero attached hydrogens (tertiary/aromatic N) is 2. The number of aromatic amines is 1. The summed E-state index contributed by atoms with van der Waals surface area (Å²) in [4.78, 5) is 11.6. The first kappa shape index (κ1) is 7.46. The van der Waals surface area contributed by atoms with Gasteiger partial charge in [0.25, 0.3) is 0 Å². The van der Waals surface area contributed by atoms with Gasteiger partial charge < -0.3 is 0 Å². The van der Waals surface area contributed by atoms with Gasteiger partial charge in [0.1, 0.15) is 5.69 Å². The Hall–Kier alpha value is -1.19. The highest BCUT2D eigenvalue weighted by Gasteiger charge is 2.25. The van der Waals surface area contributed by atoms with Crippen LogP contribution in [-0.4, -0.2) is 21.2 Å². The van der Waals surface area contributed by atoms with Gasteiger partial charge >= 0.3 is 0 Å². The number of carbonyl (C=O) groups excluding carboxylic acids is 1. The van der Waals surface area contributed by atoms with Crippen molar-refractivity contribution >= 4 is 5.78 Å². The summed E-state index contributed by atoms with van der Waals surface area (Å²) in [6.45, 7) is 0. The predicted molar refractivity (Wildman–Crippen MR) is 42.7 cm³/mol. The summed E-state index contributed by atoms with van der Waals surface area (Å²) in [5.41, 5.74) is 0.488. The van der Waals surface area contributed by atoms with Gasteiger partial charge in [0, 0.05) is 5.92 Å². The van der Waals surface area contributed by atoms with Crippen LogP contribution < -0.4 is 0 Å². The molecule has 1 aliphatic rings. The van der Waals surface area contributed by atoms with Crippen LogP contribution in [0.25, 0.3) is 0 Å². The first-order chi connectivity index (χ1) is 5.88. The molecule has 0 bridgehead atoms. The van der Waals surface area contributed by atoms with E-state index in [1.165, 1.54) is 19.0 Å². The zero-order valence-electron chi connectivity index (χ0n) is 6.79. The fourth-order valence-electron chi connectivity index (χ4n) is 1.72. The molecule has 12 heavy (non-hydrogen) atoms. The van der Waals surface area contributed by atoms with E-state index in [4.69, 9.17) is 0 Å². The minimum Gasteiger partial charge on any atom is -0.292 e. The molecule has 1 aromatic rings. The number of hydrogen-bond acceptors (Lipinski definition) is 3. The molecule has 0 aliphatic heterocycles. The zero-order valence-corrected chi connectivity index (χ0v) is 6.79. The SMILES string of the molecule is O=C(c1cn[nH]n1)C1CCCC1. The van der Waals surface area contributed by atoms with Crippen molar-refractivity contribution < 1.29 is 4.79 Å². The third-order valence-corrected chi connectivity index (χ3v) is 2.39. The van der Waals surface area contributed by atoms with E-state index in [1.807, 2.05) is 0 Å². The highest BCUT2D eigenvalue weighted by atomic mass is 16.1. The molecule has 0 saturated heterocycles. The van der Waals surface area contributed by atoms with E-state index in [0.717, 1.165) is 12.8 Å². The first-order valence-electron chi connectivity index (χ1n) is 4.28. The van der Waals surface area contributed by atoms with E-state index in [0.29, 0.717) is 5.69 Å². The average Bonchev–Trinajstić information content (AvgIpc) is 2.77. The van der Waals surface area contributed by atoms with Gasteiger partial charge in [-0.1, -0.05) is 12.8 Å². The molecule has 0 spiro atoms. The summed E-state index contributed by atoms with van der Waals surface area (Å²) in [5.74, 6) is 0.358. The van der Waals surface area contributed by atoms with Gasteiger partial charge in [0.15, 0.2) is 5.78 Å². The number of H-pyrrole nitrogens is 1. The molecule has 1 aliphatic carbocycles. The average molecular weight is 165 g/mol. The molecule has 0 unspecified atom stereocenters. The summed E-state index contributed by atoms with van der Waals surface area (Å²) < 4.78 is 0. The van der Waals surface area contributed by atoms with Crippen molar-refractivity contribution in [3.63, 3.8) is 0 Å². The molecule has 1 heterocycles. The Labute approximate surface area is 70.4 Å². The van der Waals surface area contributed by atoms with Crippen molar-refractivity contribution in [2.45, 2.75) is 25.7 Å². The van der Waals surface area contributed by atoms with Crippen LogP contribution in [0.15, 0.2) is 6.20 Å². The molecule has 0 atom stereocenters. The molecule has 1 N–H and O–H groups in total. The van der Waals surface area contributed by atoms with E-state index in [9.17, 15) is 4.79 Å². The van der Waals surface area contributed by atoms with Gasteiger partial charge in [0.2, 0.25) is 0 Å². The molecule has 0 radical (unpaired) electrons. The van der Waals surface area contributed by atoms with E-state index in [1.54, 1.807) is 0 Å². The highest BCUT2D eigenvalue weighted by Crippen LogP contribution is 2.27. The number of carbonyl (C=O) groups is 1. The zero-order chi connectivity index (χ0) is 8.39. The van der Waals surface area contributed by atoms with Crippen molar-refractivity contribution in [3.8, 4) is 0 Å². The van der Waals surface area contributed by atoms with Gasteiger partial charge in [0.05, 0.1) is 6.20 Å². The van der Waals surface area contributed by atoms with Crippen molar-refractivity contribution in [1.29, 1.82) is 0 Å². The van der Waals surface area contributed by atoms with Crippen molar-refractivity contribution in [3.05, 3.63) is 11.9 Å². The number of ketones is 1. The standard InChI is InChI=1S/C8H11N3O/c12-8(6-3-1-2-4-6)7-5-9-11-10-7/h5-6H,1-4H2,(H,9,10,11). The van der Waals surface area contributed by atoms with Gasteiger partial charge in [-0.25, -0.2) is 0 Å². The maximum absolute atomic E-state index is 11.6. The van der Waals surface area contributed by atoms with Crippen molar-refractivity contribution in [2.75, 3.05) is 0 Å². The number of aromatic nitrogens is 3. The van der Waals surface area contributed by atoms with E-state index in [-0.39, 0.29) is 11.7 Å². The molecule has 2 rings (SSSR count). The van der Waals surface area contributed by atoms with E-state index < -0.39 is 0 Å². The first-order valence-corrected chi connectivity index (χ1v) is 4.28. The van der Waals surface area contributed by atoms with Crippen LogP contribution in [0.3, 0.4) is 0 Å². The summed E-state index contributed by atoms with van der Waals surface area (Å²) in [7, 11) is 0. The number of rotatable bonds is 2. The topological polar surface area (TPSA) is 58.6 Å². The normalized spacial score (nSPS) is 18.3. The van der Waals surface area contributed by atoms with Crippen molar-refractivity contribution in [1.82, 2.24) is 15.4 Å². The molecule has 1 aromatic heterocycles. The second-order valence-electron chi connectivity index (χ2n) is 3.20. The predicted octanol–water partition coefficient (Wildman–Crippen LogP) is 1.18. The van der Waals surface area contributed by atoms with Crippen LogP contribution in [0.1, 0.15) is 36.2 Å². The monoisotopic (exact) mass is 165 g/mol. The molecular weight excluding hydrogens is 154 g/mol. The quantitative estimate of drug-likeness (QED) is 0.669. The minimum atomic E-state index is 0.154. The number of nitrogens with one attached hydrogen (secondary N) is 1. The lowest BCUT2D eigenvalue weighted by molar-refractivity contribution is 0.0917. The van der Waals surface area contributed by atoms with Crippen LogP contribution in [-0.2, 0) is 0 Å². The molecule has 1 fully saturated rings. The second kappa shape index (κ2) is 3.05. The summed E-state index contributed by atoms with van der Waals surface area (Å²) in [5, 5.41) is 9.85. The summed E-state index contributed by atoms with van der Waals surface area (Å²) in [6.07, 6.45) is 5.89.